The summed E-state index contributed by atoms with van der Waals surface area (Å²) in [4.78, 5) is 1.22. The zero-order chi connectivity index (χ0) is 15.2. The number of benzene rings is 2. The SMILES string of the molecule is CSc1ccc(/C=N/Nc2nnnn2-c2ccccc2)cc1. The third kappa shape index (κ3) is 3.32. The molecule has 0 aliphatic heterocycles. The summed E-state index contributed by atoms with van der Waals surface area (Å²) >= 11 is 1.71. The molecule has 22 heavy (non-hydrogen) atoms. The Kier molecular flexibility index (Phi) is 4.45. The van der Waals surface area contributed by atoms with E-state index in [1.807, 2.05) is 48.7 Å². The summed E-state index contributed by atoms with van der Waals surface area (Å²) in [7, 11) is 0. The van der Waals surface area contributed by atoms with Crippen LogP contribution >= 0.6 is 11.8 Å². The maximum absolute atomic E-state index is 4.18. The molecular weight excluding hydrogens is 296 g/mol. The molecule has 0 spiro atoms. The van der Waals surface area contributed by atoms with Crippen molar-refractivity contribution < 1.29 is 0 Å². The van der Waals surface area contributed by atoms with E-state index in [1.54, 1.807) is 22.7 Å². The molecule has 0 aliphatic rings. The molecule has 0 amide bonds. The van der Waals surface area contributed by atoms with Gasteiger partial charge < -0.3 is 0 Å². The smallest absolute Gasteiger partial charge is 0.244 e. The summed E-state index contributed by atoms with van der Waals surface area (Å²) in [5.41, 5.74) is 4.73. The Morgan fingerprint density at radius 2 is 1.86 bits per heavy atom. The van der Waals surface area contributed by atoms with E-state index in [0.717, 1.165) is 11.3 Å². The first-order chi connectivity index (χ1) is 10.9. The number of aromatic nitrogens is 4. The predicted molar refractivity (Wildman–Crippen MR) is 88.6 cm³/mol. The van der Waals surface area contributed by atoms with E-state index in [0.29, 0.717) is 5.95 Å². The maximum atomic E-state index is 4.18. The van der Waals surface area contributed by atoms with Crippen LogP contribution in [0.2, 0.25) is 0 Å². The van der Waals surface area contributed by atoms with E-state index in [-0.39, 0.29) is 0 Å². The molecule has 1 aromatic heterocycles. The van der Waals surface area contributed by atoms with Gasteiger partial charge in [-0.15, -0.1) is 11.8 Å². The molecule has 7 heteroatoms. The molecule has 0 bridgehead atoms. The quantitative estimate of drug-likeness (QED) is 0.446. The minimum Gasteiger partial charge on any atom is -0.244 e. The number of nitrogens with zero attached hydrogens (tertiary/aromatic N) is 5. The first kappa shape index (κ1) is 14.3. The molecule has 0 saturated carbocycles. The van der Waals surface area contributed by atoms with Crippen molar-refractivity contribution in [3.63, 3.8) is 0 Å². The van der Waals surface area contributed by atoms with E-state index >= 15 is 0 Å². The van der Waals surface area contributed by atoms with Crippen LogP contribution in [0.15, 0.2) is 64.6 Å². The molecule has 6 nitrogen and oxygen atoms in total. The van der Waals surface area contributed by atoms with Crippen molar-refractivity contribution in [3.8, 4) is 5.69 Å². The second-order valence-electron chi connectivity index (χ2n) is 4.39. The van der Waals surface area contributed by atoms with Crippen LogP contribution in [0, 0.1) is 0 Å². The molecule has 0 saturated heterocycles. The Hall–Kier alpha value is -2.67. The van der Waals surface area contributed by atoms with E-state index in [9.17, 15) is 0 Å². The highest BCUT2D eigenvalue weighted by atomic mass is 32.2. The number of tetrazole rings is 1. The fourth-order valence-electron chi connectivity index (χ4n) is 1.85. The Bertz CT molecular complexity index is 751. The monoisotopic (exact) mass is 310 g/mol. The molecule has 0 atom stereocenters. The summed E-state index contributed by atoms with van der Waals surface area (Å²) in [5, 5.41) is 15.7. The standard InChI is InChI=1S/C15H14N6S/c1-22-14-9-7-12(8-10-14)11-16-17-15-18-19-20-21(15)13-5-3-2-4-6-13/h2-11H,1H3,(H,17,18,20)/b16-11+. The zero-order valence-corrected chi connectivity index (χ0v) is 12.7. The minimum absolute atomic E-state index is 0.461. The summed E-state index contributed by atoms with van der Waals surface area (Å²) < 4.78 is 1.59. The fourth-order valence-corrected chi connectivity index (χ4v) is 2.26. The number of para-hydroxylation sites is 1. The van der Waals surface area contributed by atoms with Crippen molar-refractivity contribution in [1.82, 2.24) is 20.2 Å². The Labute approximate surface area is 132 Å². The van der Waals surface area contributed by atoms with Crippen LogP contribution in [0.5, 0.6) is 0 Å². The van der Waals surface area contributed by atoms with Gasteiger partial charge in [-0.2, -0.15) is 9.78 Å². The van der Waals surface area contributed by atoms with Gasteiger partial charge in [0.2, 0.25) is 0 Å². The minimum atomic E-state index is 0.461. The van der Waals surface area contributed by atoms with Crippen molar-refractivity contribution in [2.24, 2.45) is 5.10 Å². The summed E-state index contributed by atoms with van der Waals surface area (Å²) in [5.74, 6) is 0.461. The maximum Gasteiger partial charge on any atom is 0.268 e. The van der Waals surface area contributed by atoms with Crippen molar-refractivity contribution in [2.45, 2.75) is 4.90 Å². The number of hydrazone groups is 1. The van der Waals surface area contributed by atoms with Gasteiger partial charge in [0.05, 0.1) is 11.9 Å². The van der Waals surface area contributed by atoms with Crippen molar-refractivity contribution >= 4 is 23.9 Å². The van der Waals surface area contributed by atoms with Crippen molar-refractivity contribution in [1.29, 1.82) is 0 Å². The number of anilines is 1. The molecular formula is C15H14N6S. The van der Waals surface area contributed by atoms with Crippen LogP contribution in [0.3, 0.4) is 0 Å². The molecule has 0 fully saturated rings. The van der Waals surface area contributed by atoms with Gasteiger partial charge in [0.1, 0.15) is 0 Å². The largest absolute Gasteiger partial charge is 0.268 e. The van der Waals surface area contributed by atoms with Crippen molar-refractivity contribution in [3.05, 3.63) is 60.2 Å². The molecule has 0 unspecified atom stereocenters. The van der Waals surface area contributed by atoms with Crippen molar-refractivity contribution in [2.75, 3.05) is 11.7 Å². The number of nitrogens with one attached hydrogen (secondary N) is 1. The third-order valence-corrected chi connectivity index (χ3v) is 3.71. The molecule has 3 rings (SSSR count). The van der Waals surface area contributed by atoms with E-state index in [4.69, 9.17) is 0 Å². The molecule has 0 radical (unpaired) electrons. The van der Waals surface area contributed by atoms with Gasteiger partial charge >= 0.3 is 0 Å². The Morgan fingerprint density at radius 3 is 2.59 bits per heavy atom. The lowest BCUT2D eigenvalue weighted by Crippen LogP contribution is -2.03. The van der Waals surface area contributed by atoms with Gasteiger partial charge in [0.15, 0.2) is 0 Å². The van der Waals surface area contributed by atoms with E-state index in [1.165, 1.54) is 4.90 Å². The Balaban J connectivity index is 1.72. The third-order valence-electron chi connectivity index (χ3n) is 2.96. The molecule has 1 N–H and O–H groups in total. The molecule has 0 aliphatic carbocycles. The topological polar surface area (TPSA) is 68.0 Å². The van der Waals surface area contributed by atoms with E-state index in [2.05, 4.69) is 38.2 Å². The summed E-state index contributed by atoms with van der Waals surface area (Å²) in [6.07, 6.45) is 3.78. The summed E-state index contributed by atoms with van der Waals surface area (Å²) in [6, 6.07) is 17.8. The van der Waals surface area contributed by atoms with Crippen LogP contribution in [0.4, 0.5) is 5.95 Å². The Morgan fingerprint density at radius 1 is 1.09 bits per heavy atom. The second-order valence-corrected chi connectivity index (χ2v) is 5.27. The molecule has 3 aromatic rings. The van der Waals surface area contributed by atoms with Gasteiger partial charge in [-0.3, -0.25) is 0 Å². The van der Waals surface area contributed by atoms with Crippen LogP contribution in [-0.2, 0) is 0 Å². The predicted octanol–water partition coefficient (Wildman–Crippen LogP) is 2.83. The fraction of sp³-hybridized carbons (Fsp3) is 0.0667. The van der Waals surface area contributed by atoms with Gasteiger partial charge in [-0.05, 0) is 46.5 Å². The average molecular weight is 310 g/mol. The molecule has 1 heterocycles. The first-order valence-corrected chi connectivity index (χ1v) is 7.86. The van der Waals surface area contributed by atoms with Gasteiger partial charge in [0, 0.05) is 4.90 Å². The first-order valence-electron chi connectivity index (χ1n) is 6.64. The van der Waals surface area contributed by atoms with E-state index < -0.39 is 0 Å². The number of rotatable bonds is 5. The number of thioether (sulfide) groups is 1. The number of hydrogen-bond donors (Lipinski definition) is 1. The average Bonchev–Trinajstić information content (AvgIpc) is 3.05. The summed E-state index contributed by atoms with van der Waals surface area (Å²) in [6.45, 7) is 0. The number of hydrogen-bond acceptors (Lipinski definition) is 6. The van der Waals surface area contributed by atoms with Crippen LogP contribution < -0.4 is 5.43 Å². The lowest BCUT2D eigenvalue weighted by atomic mass is 10.2. The van der Waals surface area contributed by atoms with Gasteiger partial charge in [0.25, 0.3) is 5.95 Å². The highest BCUT2D eigenvalue weighted by Crippen LogP contribution is 2.14. The second kappa shape index (κ2) is 6.86. The lowest BCUT2D eigenvalue weighted by Gasteiger charge is -2.02. The normalized spacial score (nSPS) is 11.0. The van der Waals surface area contributed by atoms with Gasteiger partial charge in [-0.25, -0.2) is 5.43 Å². The van der Waals surface area contributed by atoms with Crippen LogP contribution in [0.1, 0.15) is 5.56 Å². The van der Waals surface area contributed by atoms with Crippen LogP contribution in [-0.4, -0.2) is 32.7 Å². The van der Waals surface area contributed by atoms with Gasteiger partial charge in [-0.1, -0.05) is 35.4 Å². The molecule has 2 aromatic carbocycles. The van der Waals surface area contributed by atoms with Crippen LogP contribution in [0.25, 0.3) is 5.69 Å². The highest BCUT2D eigenvalue weighted by Gasteiger charge is 2.05. The molecule has 110 valence electrons. The highest BCUT2D eigenvalue weighted by molar-refractivity contribution is 7.98. The lowest BCUT2D eigenvalue weighted by molar-refractivity contribution is 0.790. The zero-order valence-electron chi connectivity index (χ0n) is 11.9.